The molecule has 0 bridgehead atoms. The zero-order valence-corrected chi connectivity index (χ0v) is 15.2. The van der Waals surface area contributed by atoms with Gasteiger partial charge >= 0.3 is 0 Å². The average Bonchev–Trinajstić information content (AvgIpc) is 3.20. The van der Waals surface area contributed by atoms with Crippen LogP contribution in [0.4, 0.5) is 0 Å². The number of rotatable bonds is 4. The lowest BCUT2D eigenvalue weighted by Crippen LogP contribution is -2.39. The minimum atomic E-state index is 0.0798. The predicted molar refractivity (Wildman–Crippen MR) is 100 cm³/mol. The molecule has 1 aliphatic rings. The molecule has 3 aromatic rings. The van der Waals surface area contributed by atoms with E-state index >= 15 is 0 Å². The van der Waals surface area contributed by atoms with Crippen LogP contribution in [0.1, 0.15) is 49.4 Å². The molecule has 3 heterocycles. The Morgan fingerprint density at radius 3 is 2.96 bits per heavy atom. The van der Waals surface area contributed by atoms with Crippen molar-refractivity contribution in [1.29, 1.82) is 5.26 Å². The van der Waals surface area contributed by atoms with Crippen LogP contribution in [-0.4, -0.2) is 26.1 Å². The number of nitriles is 1. The summed E-state index contributed by atoms with van der Waals surface area (Å²) in [7, 11) is 0. The normalized spacial score (nSPS) is 20.3. The summed E-state index contributed by atoms with van der Waals surface area (Å²) in [5.41, 5.74) is 2.42. The summed E-state index contributed by atoms with van der Waals surface area (Å²) < 4.78 is 5.64. The molecule has 136 valence electrons. The molecule has 0 N–H and O–H groups in total. The van der Waals surface area contributed by atoms with E-state index in [1.807, 2.05) is 36.5 Å². The Kier molecular flexibility index (Phi) is 4.95. The fourth-order valence-electron chi connectivity index (χ4n) is 3.67. The SMILES string of the molecule is C[C@H]1CCC[C@@H](c2nc(-c3cccc(C#N)c3)no2)N1Cc1ccccn1. The van der Waals surface area contributed by atoms with E-state index in [4.69, 9.17) is 9.78 Å². The van der Waals surface area contributed by atoms with Crippen LogP contribution in [0.5, 0.6) is 0 Å². The first-order chi connectivity index (χ1) is 13.2. The minimum Gasteiger partial charge on any atom is -0.337 e. The van der Waals surface area contributed by atoms with Crippen molar-refractivity contribution < 1.29 is 4.52 Å². The summed E-state index contributed by atoms with van der Waals surface area (Å²) in [6.45, 7) is 3.00. The Labute approximate surface area is 158 Å². The van der Waals surface area contributed by atoms with Crippen molar-refractivity contribution in [1.82, 2.24) is 20.0 Å². The Hall–Kier alpha value is -3.04. The standard InChI is InChI=1S/C21H21N5O/c1-15-6-4-10-19(26(15)14-18-9-2-3-11-23-18)21-24-20(25-27-21)17-8-5-7-16(12-17)13-22/h2-3,5,7-9,11-12,15,19H,4,6,10,14H2,1H3/t15-,19-/m0/s1. The van der Waals surface area contributed by atoms with Crippen molar-refractivity contribution in [3.8, 4) is 17.5 Å². The second kappa shape index (κ2) is 7.68. The highest BCUT2D eigenvalue weighted by Crippen LogP contribution is 2.35. The molecular weight excluding hydrogens is 338 g/mol. The number of pyridine rings is 1. The molecule has 2 aromatic heterocycles. The highest BCUT2D eigenvalue weighted by molar-refractivity contribution is 5.57. The zero-order chi connectivity index (χ0) is 18.6. The fraction of sp³-hybridized carbons (Fsp3) is 0.333. The molecule has 0 amide bonds. The van der Waals surface area contributed by atoms with Crippen molar-refractivity contribution in [2.75, 3.05) is 0 Å². The van der Waals surface area contributed by atoms with E-state index in [0.717, 1.165) is 37.1 Å². The summed E-state index contributed by atoms with van der Waals surface area (Å²) in [6, 6.07) is 15.9. The Morgan fingerprint density at radius 2 is 2.15 bits per heavy atom. The van der Waals surface area contributed by atoms with Gasteiger partial charge in [0, 0.05) is 24.3 Å². The fourth-order valence-corrected chi connectivity index (χ4v) is 3.67. The smallest absolute Gasteiger partial charge is 0.244 e. The molecule has 0 aliphatic carbocycles. The van der Waals surface area contributed by atoms with Crippen LogP contribution >= 0.6 is 0 Å². The van der Waals surface area contributed by atoms with Gasteiger partial charge in [-0.1, -0.05) is 23.4 Å². The van der Waals surface area contributed by atoms with E-state index in [9.17, 15) is 0 Å². The van der Waals surface area contributed by atoms with Crippen LogP contribution in [0.25, 0.3) is 11.4 Å². The van der Waals surface area contributed by atoms with Crippen LogP contribution in [0.2, 0.25) is 0 Å². The van der Waals surface area contributed by atoms with E-state index in [0.29, 0.717) is 23.3 Å². The lowest BCUT2D eigenvalue weighted by molar-refractivity contribution is 0.0621. The molecular formula is C21H21N5O. The van der Waals surface area contributed by atoms with E-state index in [1.165, 1.54) is 0 Å². The third-order valence-electron chi connectivity index (χ3n) is 5.11. The van der Waals surface area contributed by atoms with Gasteiger partial charge in [-0.3, -0.25) is 9.88 Å². The van der Waals surface area contributed by atoms with Gasteiger partial charge in [-0.15, -0.1) is 0 Å². The number of piperidine rings is 1. The second-order valence-electron chi connectivity index (χ2n) is 6.94. The number of likely N-dealkylation sites (tertiary alicyclic amines) is 1. The highest BCUT2D eigenvalue weighted by Gasteiger charge is 2.33. The number of aromatic nitrogens is 3. The third-order valence-corrected chi connectivity index (χ3v) is 5.11. The lowest BCUT2D eigenvalue weighted by atomic mass is 9.96. The first-order valence-corrected chi connectivity index (χ1v) is 9.24. The molecule has 27 heavy (non-hydrogen) atoms. The summed E-state index contributed by atoms with van der Waals surface area (Å²) in [6.07, 6.45) is 5.09. The molecule has 0 radical (unpaired) electrons. The van der Waals surface area contributed by atoms with Crippen molar-refractivity contribution in [3.05, 3.63) is 65.8 Å². The van der Waals surface area contributed by atoms with E-state index in [-0.39, 0.29) is 6.04 Å². The molecule has 1 aromatic carbocycles. The molecule has 0 spiro atoms. The van der Waals surface area contributed by atoms with Gasteiger partial charge in [-0.2, -0.15) is 10.2 Å². The van der Waals surface area contributed by atoms with Gasteiger partial charge in [0.05, 0.1) is 23.4 Å². The first-order valence-electron chi connectivity index (χ1n) is 9.24. The minimum absolute atomic E-state index is 0.0798. The molecule has 1 saturated heterocycles. The van der Waals surface area contributed by atoms with Crippen LogP contribution in [-0.2, 0) is 6.54 Å². The average molecular weight is 359 g/mol. The number of hydrogen-bond donors (Lipinski definition) is 0. The number of nitrogens with zero attached hydrogens (tertiary/aromatic N) is 5. The molecule has 6 heteroatoms. The third kappa shape index (κ3) is 3.74. The lowest BCUT2D eigenvalue weighted by Gasteiger charge is -2.38. The van der Waals surface area contributed by atoms with Crippen LogP contribution in [0, 0.1) is 11.3 Å². The molecule has 1 aliphatic heterocycles. The molecule has 4 rings (SSSR count). The van der Waals surface area contributed by atoms with Gasteiger partial charge in [0.1, 0.15) is 0 Å². The van der Waals surface area contributed by atoms with E-state index in [1.54, 1.807) is 12.1 Å². The van der Waals surface area contributed by atoms with E-state index in [2.05, 4.69) is 33.0 Å². The summed E-state index contributed by atoms with van der Waals surface area (Å²) in [5.74, 6) is 1.16. The maximum atomic E-state index is 9.10. The van der Waals surface area contributed by atoms with Gasteiger partial charge in [0.15, 0.2) is 0 Å². The second-order valence-corrected chi connectivity index (χ2v) is 6.94. The zero-order valence-electron chi connectivity index (χ0n) is 15.2. The number of benzene rings is 1. The maximum Gasteiger partial charge on any atom is 0.244 e. The largest absolute Gasteiger partial charge is 0.337 e. The number of hydrogen-bond acceptors (Lipinski definition) is 6. The molecule has 0 saturated carbocycles. The van der Waals surface area contributed by atoms with Crippen LogP contribution in [0.15, 0.2) is 53.2 Å². The van der Waals surface area contributed by atoms with Crippen molar-refractivity contribution >= 4 is 0 Å². The summed E-state index contributed by atoms with van der Waals surface area (Å²) >= 11 is 0. The van der Waals surface area contributed by atoms with Crippen molar-refractivity contribution in [2.45, 2.75) is 44.8 Å². The molecule has 6 nitrogen and oxygen atoms in total. The maximum absolute atomic E-state index is 9.10. The van der Waals surface area contributed by atoms with Gasteiger partial charge < -0.3 is 4.52 Å². The van der Waals surface area contributed by atoms with Crippen LogP contribution in [0.3, 0.4) is 0 Å². The first kappa shape index (κ1) is 17.4. The Morgan fingerprint density at radius 1 is 1.22 bits per heavy atom. The van der Waals surface area contributed by atoms with Crippen LogP contribution < -0.4 is 0 Å². The quantitative estimate of drug-likeness (QED) is 0.697. The summed E-state index contributed by atoms with van der Waals surface area (Å²) in [4.78, 5) is 11.5. The Bertz CT molecular complexity index is 946. The van der Waals surface area contributed by atoms with E-state index < -0.39 is 0 Å². The monoisotopic (exact) mass is 359 g/mol. The van der Waals surface area contributed by atoms with Gasteiger partial charge in [-0.25, -0.2) is 0 Å². The van der Waals surface area contributed by atoms with Crippen molar-refractivity contribution in [3.63, 3.8) is 0 Å². The Balaban J connectivity index is 1.60. The van der Waals surface area contributed by atoms with Gasteiger partial charge in [-0.05, 0) is 50.5 Å². The van der Waals surface area contributed by atoms with Gasteiger partial charge in [0.2, 0.25) is 11.7 Å². The molecule has 0 unspecified atom stereocenters. The molecule has 2 atom stereocenters. The predicted octanol–water partition coefficient (Wildman–Crippen LogP) is 4.12. The summed E-state index contributed by atoms with van der Waals surface area (Å²) in [5, 5.41) is 13.3. The van der Waals surface area contributed by atoms with Crippen molar-refractivity contribution in [2.24, 2.45) is 0 Å². The molecule has 1 fully saturated rings. The highest BCUT2D eigenvalue weighted by atomic mass is 16.5. The van der Waals surface area contributed by atoms with Gasteiger partial charge in [0.25, 0.3) is 0 Å². The topological polar surface area (TPSA) is 78.8 Å².